The zero-order chi connectivity index (χ0) is 7.72. The van der Waals surface area contributed by atoms with Crippen LogP contribution in [0.1, 0.15) is 27.2 Å². The molecule has 1 rings (SSSR count). The lowest BCUT2D eigenvalue weighted by molar-refractivity contribution is -0.131. The molecule has 10 heavy (non-hydrogen) atoms. The third-order valence-electron chi connectivity index (χ3n) is 2.27. The molecule has 2 heteroatoms. The van der Waals surface area contributed by atoms with Gasteiger partial charge in [0.1, 0.15) is 0 Å². The van der Waals surface area contributed by atoms with E-state index in [0.29, 0.717) is 11.9 Å². The lowest BCUT2D eigenvalue weighted by Crippen LogP contribution is -2.31. The first-order valence-corrected chi connectivity index (χ1v) is 3.97. The molecular weight excluding hydrogens is 126 g/mol. The summed E-state index contributed by atoms with van der Waals surface area (Å²) in [6.07, 6.45) is 1.03. The Bertz CT molecular complexity index is 144. The second-order valence-electron chi connectivity index (χ2n) is 3.11. The standard InChI is InChI=1S/C8H15NO/c1-4-9-7(3)5-6(2)8(9)10/h6-7H,4-5H2,1-3H3/t6?,7-/m0/s1. The van der Waals surface area contributed by atoms with Crippen LogP contribution in [0.3, 0.4) is 0 Å². The van der Waals surface area contributed by atoms with Crippen molar-refractivity contribution >= 4 is 5.91 Å². The highest BCUT2D eigenvalue weighted by molar-refractivity contribution is 5.80. The van der Waals surface area contributed by atoms with Gasteiger partial charge in [-0.3, -0.25) is 4.79 Å². The van der Waals surface area contributed by atoms with Gasteiger partial charge in [0.25, 0.3) is 0 Å². The Balaban J connectivity index is 2.64. The van der Waals surface area contributed by atoms with Gasteiger partial charge >= 0.3 is 0 Å². The Kier molecular flexibility index (Phi) is 1.97. The minimum absolute atomic E-state index is 0.259. The van der Waals surface area contributed by atoms with Crippen LogP contribution in [-0.2, 0) is 4.79 Å². The average Bonchev–Trinajstić information content (AvgIpc) is 2.09. The fourth-order valence-electron chi connectivity index (χ4n) is 1.71. The molecule has 0 spiro atoms. The van der Waals surface area contributed by atoms with Crippen molar-refractivity contribution in [2.45, 2.75) is 33.2 Å². The Morgan fingerprint density at radius 3 is 2.40 bits per heavy atom. The van der Waals surface area contributed by atoms with Crippen molar-refractivity contribution in [3.63, 3.8) is 0 Å². The predicted molar refractivity (Wildman–Crippen MR) is 40.6 cm³/mol. The average molecular weight is 141 g/mol. The number of amides is 1. The number of hydrogen-bond acceptors (Lipinski definition) is 1. The lowest BCUT2D eigenvalue weighted by atomic mass is 10.1. The Morgan fingerprint density at radius 1 is 1.60 bits per heavy atom. The molecule has 0 aliphatic carbocycles. The normalized spacial score (nSPS) is 33.5. The fraction of sp³-hybridized carbons (Fsp3) is 0.875. The van der Waals surface area contributed by atoms with Gasteiger partial charge in [-0.25, -0.2) is 0 Å². The first kappa shape index (κ1) is 7.58. The number of nitrogens with zero attached hydrogens (tertiary/aromatic N) is 1. The highest BCUT2D eigenvalue weighted by Crippen LogP contribution is 2.22. The number of carbonyl (C=O) groups is 1. The number of carbonyl (C=O) groups excluding carboxylic acids is 1. The maximum Gasteiger partial charge on any atom is 0.225 e. The van der Waals surface area contributed by atoms with Crippen molar-refractivity contribution in [3.05, 3.63) is 0 Å². The first-order valence-electron chi connectivity index (χ1n) is 3.97. The molecule has 1 saturated heterocycles. The van der Waals surface area contributed by atoms with Crippen molar-refractivity contribution < 1.29 is 4.79 Å². The molecule has 1 heterocycles. The van der Waals surface area contributed by atoms with Gasteiger partial charge in [0.2, 0.25) is 5.91 Å². The van der Waals surface area contributed by atoms with Crippen molar-refractivity contribution in [2.75, 3.05) is 6.54 Å². The predicted octanol–water partition coefficient (Wildman–Crippen LogP) is 1.26. The molecule has 0 aromatic heterocycles. The topological polar surface area (TPSA) is 20.3 Å². The quantitative estimate of drug-likeness (QED) is 0.538. The van der Waals surface area contributed by atoms with Crippen molar-refractivity contribution in [3.8, 4) is 0 Å². The molecule has 2 nitrogen and oxygen atoms in total. The van der Waals surface area contributed by atoms with Gasteiger partial charge in [-0.15, -0.1) is 0 Å². The van der Waals surface area contributed by atoms with E-state index in [1.165, 1.54) is 0 Å². The van der Waals surface area contributed by atoms with Gasteiger partial charge in [0.15, 0.2) is 0 Å². The summed E-state index contributed by atoms with van der Waals surface area (Å²) < 4.78 is 0. The van der Waals surface area contributed by atoms with Crippen molar-refractivity contribution in [1.29, 1.82) is 0 Å². The van der Waals surface area contributed by atoms with Crippen LogP contribution in [0.5, 0.6) is 0 Å². The molecule has 0 N–H and O–H groups in total. The van der Waals surface area contributed by atoms with Gasteiger partial charge < -0.3 is 4.90 Å². The highest BCUT2D eigenvalue weighted by atomic mass is 16.2. The first-order chi connectivity index (χ1) is 4.66. The summed E-state index contributed by atoms with van der Waals surface area (Å²) in [7, 11) is 0. The third kappa shape index (κ3) is 1.02. The summed E-state index contributed by atoms with van der Waals surface area (Å²) >= 11 is 0. The van der Waals surface area contributed by atoms with E-state index in [9.17, 15) is 4.79 Å². The molecule has 1 aliphatic heterocycles. The minimum atomic E-state index is 0.259. The molecule has 58 valence electrons. The van der Waals surface area contributed by atoms with Crippen molar-refractivity contribution in [1.82, 2.24) is 4.90 Å². The second kappa shape index (κ2) is 2.60. The van der Waals surface area contributed by atoms with Crippen LogP contribution in [0.15, 0.2) is 0 Å². The van der Waals surface area contributed by atoms with E-state index in [1.807, 2.05) is 18.7 Å². The molecule has 1 amide bonds. The van der Waals surface area contributed by atoms with E-state index < -0.39 is 0 Å². The number of likely N-dealkylation sites (tertiary alicyclic amines) is 1. The maximum absolute atomic E-state index is 11.3. The summed E-state index contributed by atoms with van der Waals surface area (Å²) in [4.78, 5) is 13.2. The monoisotopic (exact) mass is 141 g/mol. The molecule has 1 unspecified atom stereocenters. The lowest BCUT2D eigenvalue weighted by Gasteiger charge is -2.18. The smallest absolute Gasteiger partial charge is 0.225 e. The Hall–Kier alpha value is -0.530. The van der Waals surface area contributed by atoms with Crippen LogP contribution in [-0.4, -0.2) is 23.4 Å². The Morgan fingerprint density at radius 2 is 2.20 bits per heavy atom. The third-order valence-corrected chi connectivity index (χ3v) is 2.27. The number of rotatable bonds is 1. The van der Waals surface area contributed by atoms with Gasteiger partial charge in [-0.05, 0) is 20.3 Å². The number of hydrogen-bond donors (Lipinski definition) is 0. The van der Waals surface area contributed by atoms with Gasteiger partial charge in [0.05, 0.1) is 0 Å². The maximum atomic E-state index is 11.3. The summed E-state index contributed by atoms with van der Waals surface area (Å²) in [5.41, 5.74) is 0. The van der Waals surface area contributed by atoms with Gasteiger partial charge in [-0.2, -0.15) is 0 Å². The van der Waals surface area contributed by atoms with Crippen LogP contribution in [0, 0.1) is 5.92 Å². The molecule has 0 saturated carbocycles. The van der Waals surface area contributed by atoms with E-state index >= 15 is 0 Å². The van der Waals surface area contributed by atoms with E-state index in [0.717, 1.165) is 13.0 Å². The molecule has 0 bridgehead atoms. The van der Waals surface area contributed by atoms with Crippen LogP contribution < -0.4 is 0 Å². The molecular formula is C8H15NO. The summed E-state index contributed by atoms with van der Waals surface area (Å²) in [6.45, 7) is 7.02. The van der Waals surface area contributed by atoms with E-state index in [2.05, 4.69) is 6.92 Å². The SMILES string of the molecule is CCN1C(=O)C(C)C[C@@H]1C. The van der Waals surface area contributed by atoms with Gasteiger partial charge in [0, 0.05) is 18.5 Å². The largest absolute Gasteiger partial charge is 0.340 e. The molecule has 0 radical (unpaired) electrons. The summed E-state index contributed by atoms with van der Waals surface area (Å²) in [5, 5.41) is 0. The molecule has 1 fully saturated rings. The second-order valence-corrected chi connectivity index (χ2v) is 3.11. The highest BCUT2D eigenvalue weighted by Gasteiger charge is 2.32. The molecule has 1 aliphatic rings. The zero-order valence-corrected chi connectivity index (χ0v) is 6.92. The summed E-state index contributed by atoms with van der Waals surface area (Å²) in [5.74, 6) is 0.588. The molecule has 2 atom stereocenters. The van der Waals surface area contributed by atoms with Gasteiger partial charge in [-0.1, -0.05) is 6.92 Å². The van der Waals surface area contributed by atoms with Crippen molar-refractivity contribution in [2.24, 2.45) is 5.92 Å². The van der Waals surface area contributed by atoms with Crippen LogP contribution in [0.2, 0.25) is 0 Å². The molecule has 0 aromatic carbocycles. The van der Waals surface area contributed by atoms with Crippen LogP contribution in [0.4, 0.5) is 0 Å². The van der Waals surface area contributed by atoms with E-state index in [4.69, 9.17) is 0 Å². The minimum Gasteiger partial charge on any atom is -0.340 e. The Labute approximate surface area is 62.2 Å². The zero-order valence-electron chi connectivity index (χ0n) is 6.92. The van der Waals surface area contributed by atoms with Crippen LogP contribution >= 0.6 is 0 Å². The molecule has 0 aromatic rings. The summed E-state index contributed by atoms with van der Waals surface area (Å²) in [6, 6.07) is 0.465. The fourth-order valence-corrected chi connectivity index (χ4v) is 1.71. The van der Waals surface area contributed by atoms with E-state index in [1.54, 1.807) is 0 Å². The van der Waals surface area contributed by atoms with E-state index in [-0.39, 0.29) is 5.92 Å². The van der Waals surface area contributed by atoms with Crippen LogP contribution in [0.25, 0.3) is 0 Å².